The number of ether oxygens (including phenoxy) is 1. The monoisotopic (exact) mass is 493 g/mol. The molecule has 0 unspecified atom stereocenters. The van der Waals surface area contributed by atoms with Crippen molar-refractivity contribution >= 4 is 46.9 Å². The number of anilines is 1. The van der Waals surface area contributed by atoms with Crippen LogP contribution < -0.4 is 15.8 Å². The fourth-order valence-electron chi connectivity index (χ4n) is 5.02. The van der Waals surface area contributed by atoms with E-state index in [1.165, 1.54) is 30.3 Å². The van der Waals surface area contributed by atoms with Crippen molar-refractivity contribution in [2.75, 3.05) is 11.5 Å². The van der Waals surface area contributed by atoms with Crippen molar-refractivity contribution in [2.24, 2.45) is 23.7 Å². The van der Waals surface area contributed by atoms with Crippen LogP contribution in [-0.4, -0.2) is 36.2 Å². The SMILES string of the molecule is O=C(COC(=O)c1cccc(N2C(=O)[C@@H]3[C@H](C2=O)[C@H]2C=C[C@H]3C2)c1)NNC(=O)c1ccccc1Cl. The normalized spacial score (nSPS) is 23.9. The van der Waals surface area contributed by atoms with Gasteiger partial charge >= 0.3 is 5.97 Å². The first-order chi connectivity index (χ1) is 16.8. The van der Waals surface area contributed by atoms with Gasteiger partial charge < -0.3 is 4.74 Å². The van der Waals surface area contributed by atoms with Crippen molar-refractivity contribution in [2.45, 2.75) is 6.42 Å². The van der Waals surface area contributed by atoms with Crippen molar-refractivity contribution in [3.63, 3.8) is 0 Å². The topological polar surface area (TPSA) is 122 Å². The number of amides is 4. The van der Waals surface area contributed by atoms with Gasteiger partial charge in [0, 0.05) is 0 Å². The van der Waals surface area contributed by atoms with Crippen LogP contribution in [0.3, 0.4) is 0 Å². The molecule has 1 heterocycles. The van der Waals surface area contributed by atoms with Gasteiger partial charge in [-0.15, -0.1) is 0 Å². The van der Waals surface area contributed by atoms with E-state index in [0.717, 1.165) is 11.3 Å². The first-order valence-electron chi connectivity index (χ1n) is 11.0. The highest BCUT2D eigenvalue weighted by Gasteiger charge is 2.59. The molecule has 3 aliphatic rings. The zero-order valence-electron chi connectivity index (χ0n) is 18.3. The van der Waals surface area contributed by atoms with Gasteiger partial charge in [0.1, 0.15) is 0 Å². The Bertz CT molecular complexity index is 1260. The number of imide groups is 1. The van der Waals surface area contributed by atoms with E-state index in [2.05, 4.69) is 10.9 Å². The van der Waals surface area contributed by atoms with Crippen LogP contribution in [-0.2, 0) is 19.1 Å². The standard InChI is InChI=1S/C25H20ClN3O6/c26-18-7-2-1-6-17(18)22(31)28-27-19(30)12-35-25(34)15-4-3-5-16(11-15)29-23(32)20-13-8-9-14(10-13)21(20)24(29)33/h1-9,11,13-14,20-21H,10,12H2,(H,27,30)(H,28,31)/t13-,14-,20-,21+/m0/s1. The minimum Gasteiger partial charge on any atom is -0.452 e. The van der Waals surface area contributed by atoms with Gasteiger partial charge in [0.2, 0.25) is 11.8 Å². The van der Waals surface area contributed by atoms with Crippen molar-refractivity contribution in [3.8, 4) is 0 Å². The minimum atomic E-state index is -0.819. The number of nitrogens with one attached hydrogen (secondary N) is 2. The van der Waals surface area contributed by atoms with Crippen molar-refractivity contribution < 1.29 is 28.7 Å². The summed E-state index contributed by atoms with van der Waals surface area (Å²) in [5.41, 5.74) is 4.87. The van der Waals surface area contributed by atoms with E-state index in [4.69, 9.17) is 16.3 Å². The van der Waals surface area contributed by atoms with Crippen LogP contribution in [0.15, 0.2) is 60.7 Å². The summed E-state index contributed by atoms with van der Waals surface area (Å²) in [5, 5.41) is 0.216. The molecule has 178 valence electrons. The first kappa shape index (κ1) is 22.8. The highest BCUT2D eigenvalue weighted by atomic mass is 35.5. The molecule has 1 saturated heterocycles. The lowest BCUT2D eigenvalue weighted by Gasteiger charge is -2.18. The summed E-state index contributed by atoms with van der Waals surface area (Å²) < 4.78 is 5.01. The van der Waals surface area contributed by atoms with Gasteiger partial charge in [0.25, 0.3) is 11.8 Å². The summed E-state index contributed by atoms with van der Waals surface area (Å²) in [6.45, 7) is -0.660. The average molecular weight is 494 g/mol. The highest BCUT2D eigenvalue weighted by molar-refractivity contribution is 6.33. The Morgan fingerprint density at radius 2 is 1.63 bits per heavy atom. The Hall–Kier alpha value is -3.98. The fourth-order valence-corrected chi connectivity index (χ4v) is 5.24. The summed E-state index contributed by atoms with van der Waals surface area (Å²) in [7, 11) is 0. The molecule has 4 amide bonds. The van der Waals surface area contributed by atoms with Crippen LogP contribution in [0.5, 0.6) is 0 Å². The van der Waals surface area contributed by atoms with Crippen LogP contribution in [0, 0.1) is 23.7 Å². The molecular weight excluding hydrogens is 474 g/mol. The number of carbonyl (C=O) groups excluding carboxylic acids is 5. The number of fused-ring (bicyclic) bond motifs is 5. The molecule has 35 heavy (non-hydrogen) atoms. The van der Waals surface area contributed by atoms with Crippen LogP contribution in [0.1, 0.15) is 27.1 Å². The predicted octanol–water partition coefficient (Wildman–Crippen LogP) is 2.27. The molecule has 1 saturated carbocycles. The lowest BCUT2D eigenvalue weighted by Crippen LogP contribution is -2.43. The van der Waals surface area contributed by atoms with Gasteiger partial charge in [-0.1, -0.05) is 42.0 Å². The highest BCUT2D eigenvalue weighted by Crippen LogP contribution is 2.53. The second-order valence-electron chi connectivity index (χ2n) is 8.62. The number of carbonyl (C=O) groups is 5. The largest absolute Gasteiger partial charge is 0.452 e. The van der Waals surface area contributed by atoms with E-state index in [0.29, 0.717) is 5.69 Å². The molecule has 4 atom stereocenters. The Morgan fingerprint density at radius 1 is 0.943 bits per heavy atom. The van der Waals surface area contributed by atoms with E-state index in [9.17, 15) is 24.0 Å². The summed E-state index contributed by atoms with van der Waals surface area (Å²) in [6.07, 6.45) is 4.85. The van der Waals surface area contributed by atoms with E-state index in [1.54, 1.807) is 18.2 Å². The second kappa shape index (κ2) is 8.99. The number of esters is 1. The second-order valence-corrected chi connectivity index (χ2v) is 9.03. The van der Waals surface area contributed by atoms with Crippen LogP contribution in [0.2, 0.25) is 5.02 Å². The molecule has 2 bridgehead atoms. The molecule has 9 nitrogen and oxygen atoms in total. The van der Waals surface area contributed by atoms with E-state index < -0.39 is 24.4 Å². The number of halogens is 1. The Labute approximate surface area is 205 Å². The fraction of sp³-hybridized carbons (Fsp3) is 0.240. The van der Waals surface area contributed by atoms with Crippen LogP contribution in [0.4, 0.5) is 5.69 Å². The minimum absolute atomic E-state index is 0.0779. The lowest BCUT2D eigenvalue weighted by atomic mass is 9.85. The molecule has 0 aromatic heterocycles. The molecule has 2 aliphatic carbocycles. The van der Waals surface area contributed by atoms with Gasteiger partial charge in [-0.2, -0.15) is 0 Å². The van der Waals surface area contributed by atoms with Crippen LogP contribution in [0.25, 0.3) is 0 Å². The van der Waals surface area contributed by atoms with Crippen molar-refractivity contribution in [3.05, 3.63) is 76.8 Å². The molecule has 2 N–H and O–H groups in total. The average Bonchev–Trinajstić information content (AvgIpc) is 3.55. The summed E-state index contributed by atoms with van der Waals surface area (Å²) in [4.78, 5) is 63.7. The number of allylic oxidation sites excluding steroid dienone is 2. The molecule has 0 radical (unpaired) electrons. The number of nitrogens with zero attached hydrogens (tertiary/aromatic N) is 1. The van der Waals surface area contributed by atoms with Gasteiger partial charge in [0.15, 0.2) is 6.61 Å². The number of benzene rings is 2. The van der Waals surface area contributed by atoms with Gasteiger partial charge in [-0.25, -0.2) is 9.69 Å². The molecule has 5 rings (SSSR count). The zero-order chi connectivity index (χ0) is 24.7. The predicted molar refractivity (Wildman–Crippen MR) is 124 cm³/mol. The molecule has 2 aromatic carbocycles. The van der Waals surface area contributed by atoms with Crippen molar-refractivity contribution in [1.29, 1.82) is 0 Å². The number of hydrogen-bond donors (Lipinski definition) is 2. The Morgan fingerprint density at radius 3 is 2.31 bits per heavy atom. The molecule has 10 heteroatoms. The number of hydrogen-bond acceptors (Lipinski definition) is 6. The molecule has 0 spiro atoms. The molecule has 2 fully saturated rings. The maximum absolute atomic E-state index is 13.0. The van der Waals surface area contributed by atoms with Crippen LogP contribution >= 0.6 is 11.6 Å². The third-order valence-corrected chi connectivity index (χ3v) is 6.91. The van der Waals surface area contributed by atoms with E-state index >= 15 is 0 Å². The lowest BCUT2D eigenvalue weighted by molar-refractivity contribution is -0.125. The Kier molecular flexibility index (Phi) is 5.86. The van der Waals surface area contributed by atoms with Crippen molar-refractivity contribution in [1.82, 2.24) is 10.9 Å². The smallest absolute Gasteiger partial charge is 0.338 e. The third kappa shape index (κ3) is 4.08. The maximum atomic E-state index is 13.0. The first-order valence-corrected chi connectivity index (χ1v) is 11.4. The third-order valence-electron chi connectivity index (χ3n) is 6.58. The quantitative estimate of drug-likeness (QED) is 0.285. The van der Waals surface area contributed by atoms with E-state index in [-0.39, 0.29) is 51.6 Å². The summed E-state index contributed by atoms with van der Waals surface area (Å²) >= 11 is 5.94. The van der Waals surface area contributed by atoms with Gasteiger partial charge in [-0.05, 0) is 48.6 Å². The Balaban J connectivity index is 1.18. The molecule has 1 aliphatic heterocycles. The number of rotatable bonds is 5. The number of hydrazine groups is 1. The maximum Gasteiger partial charge on any atom is 0.338 e. The van der Waals surface area contributed by atoms with Gasteiger partial charge in [0.05, 0.1) is 33.7 Å². The zero-order valence-corrected chi connectivity index (χ0v) is 19.0. The summed E-state index contributed by atoms with van der Waals surface area (Å²) in [6, 6.07) is 12.3. The molecular formula is C25H20ClN3O6. The summed E-state index contributed by atoms with van der Waals surface area (Å²) in [5.74, 6) is -3.26. The van der Waals surface area contributed by atoms with Gasteiger partial charge in [-0.3, -0.25) is 30.0 Å². The van der Waals surface area contributed by atoms with E-state index in [1.807, 2.05) is 12.2 Å². The molecule has 2 aromatic rings.